The first-order valence-electron chi connectivity index (χ1n) is 4.26. The number of hydrogen-bond donors (Lipinski definition) is 1. The average molecular weight is 208 g/mol. The van der Waals surface area contributed by atoms with Crippen molar-refractivity contribution in [3.8, 4) is 17.1 Å². The Morgan fingerprint density at radius 2 is 2.27 bits per heavy atom. The third-order valence-corrected chi connectivity index (χ3v) is 1.96. The van der Waals surface area contributed by atoms with Crippen molar-refractivity contribution in [3.63, 3.8) is 0 Å². The van der Waals surface area contributed by atoms with Crippen LogP contribution in [0, 0.1) is 5.82 Å². The summed E-state index contributed by atoms with van der Waals surface area (Å²) in [7, 11) is 1.39. The second-order valence-electron chi connectivity index (χ2n) is 2.88. The monoisotopic (exact) mass is 208 g/mol. The summed E-state index contributed by atoms with van der Waals surface area (Å²) in [6, 6.07) is 4.58. The number of halogens is 1. The maximum absolute atomic E-state index is 13.3. The molecule has 2 aromatic rings. The van der Waals surface area contributed by atoms with Gasteiger partial charge in [0.2, 0.25) is 0 Å². The van der Waals surface area contributed by atoms with Gasteiger partial charge in [-0.25, -0.2) is 9.37 Å². The molecule has 0 saturated heterocycles. The van der Waals surface area contributed by atoms with E-state index in [0.717, 1.165) is 0 Å². The lowest BCUT2D eigenvalue weighted by atomic mass is 10.1. The van der Waals surface area contributed by atoms with Gasteiger partial charge in [-0.3, -0.25) is 0 Å². The number of nitrogens with zero attached hydrogens (tertiary/aromatic N) is 1. The van der Waals surface area contributed by atoms with Crippen molar-refractivity contribution in [2.45, 2.75) is 0 Å². The Labute approximate surface area is 85.5 Å². The minimum Gasteiger partial charge on any atom is -0.493 e. The van der Waals surface area contributed by atoms with E-state index in [1.54, 1.807) is 12.1 Å². The van der Waals surface area contributed by atoms with Crippen molar-refractivity contribution in [1.29, 1.82) is 0 Å². The number of oxazole rings is 1. The van der Waals surface area contributed by atoms with E-state index >= 15 is 0 Å². The molecule has 0 unspecified atom stereocenters. The first-order valence-corrected chi connectivity index (χ1v) is 4.26. The van der Waals surface area contributed by atoms with Gasteiger partial charge in [0.1, 0.15) is 0 Å². The van der Waals surface area contributed by atoms with Crippen molar-refractivity contribution in [1.82, 2.24) is 4.98 Å². The molecule has 0 bridgehead atoms. The molecule has 15 heavy (non-hydrogen) atoms. The second kappa shape index (κ2) is 3.61. The molecule has 1 aromatic carbocycles. The van der Waals surface area contributed by atoms with Crippen LogP contribution in [0.1, 0.15) is 0 Å². The number of anilines is 1. The molecule has 0 spiro atoms. The summed E-state index contributed by atoms with van der Waals surface area (Å²) in [5.74, 6) is 0.0440. The fraction of sp³-hybridized carbons (Fsp3) is 0.100. The summed E-state index contributed by atoms with van der Waals surface area (Å²) in [6.07, 6.45) is 1.42. The number of nitrogen functional groups attached to an aromatic ring is 1. The van der Waals surface area contributed by atoms with E-state index in [9.17, 15) is 4.39 Å². The molecule has 5 heteroatoms. The molecule has 0 fully saturated rings. The summed E-state index contributed by atoms with van der Waals surface area (Å²) in [5.41, 5.74) is 5.82. The summed E-state index contributed by atoms with van der Waals surface area (Å²) >= 11 is 0. The Kier molecular flexibility index (Phi) is 2.29. The van der Waals surface area contributed by atoms with Crippen LogP contribution in [-0.2, 0) is 0 Å². The van der Waals surface area contributed by atoms with Crippen LogP contribution < -0.4 is 10.5 Å². The quantitative estimate of drug-likeness (QED) is 0.820. The largest absolute Gasteiger partial charge is 0.493 e. The van der Waals surface area contributed by atoms with Gasteiger partial charge < -0.3 is 14.9 Å². The zero-order valence-electron chi connectivity index (χ0n) is 8.03. The van der Waals surface area contributed by atoms with Gasteiger partial charge in [-0.2, -0.15) is 0 Å². The van der Waals surface area contributed by atoms with Crippen molar-refractivity contribution >= 4 is 6.01 Å². The van der Waals surface area contributed by atoms with E-state index in [1.807, 2.05) is 0 Å². The number of nitrogens with two attached hydrogens (primary N) is 1. The molecule has 0 amide bonds. The van der Waals surface area contributed by atoms with E-state index in [4.69, 9.17) is 14.9 Å². The Hall–Kier alpha value is -2.04. The highest BCUT2D eigenvalue weighted by molar-refractivity contribution is 5.66. The number of para-hydroxylation sites is 1. The Bertz CT molecular complexity index is 482. The lowest BCUT2D eigenvalue weighted by Crippen LogP contribution is -1.90. The van der Waals surface area contributed by atoms with Crippen LogP contribution in [0.5, 0.6) is 5.75 Å². The van der Waals surface area contributed by atoms with Crippen LogP contribution >= 0.6 is 0 Å². The second-order valence-corrected chi connectivity index (χ2v) is 2.88. The van der Waals surface area contributed by atoms with Crippen LogP contribution in [-0.4, -0.2) is 12.1 Å². The molecule has 2 rings (SSSR count). The maximum atomic E-state index is 13.3. The first-order chi connectivity index (χ1) is 7.22. The summed E-state index contributed by atoms with van der Waals surface area (Å²) in [4.78, 5) is 3.73. The van der Waals surface area contributed by atoms with Gasteiger partial charge >= 0.3 is 0 Å². The summed E-state index contributed by atoms with van der Waals surface area (Å²) in [5, 5.41) is 0. The summed E-state index contributed by atoms with van der Waals surface area (Å²) < 4.78 is 23.3. The Balaban J connectivity index is 2.57. The molecular formula is C10H9FN2O2. The number of benzene rings is 1. The predicted octanol–water partition coefficient (Wildman–Crippen LogP) is 2.07. The van der Waals surface area contributed by atoms with Crippen LogP contribution in [0.25, 0.3) is 11.3 Å². The predicted molar refractivity (Wildman–Crippen MR) is 52.9 cm³/mol. The van der Waals surface area contributed by atoms with Gasteiger partial charge in [0.25, 0.3) is 6.01 Å². The zero-order valence-corrected chi connectivity index (χ0v) is 8.03. The van der Waals surface area contributed by atoms with Crippen LogP contribution in [0.4, 0.5) is 10.4 Å². The Morgan fingerprint density at radius 1 is 1.47 bits per heavy atom. The number of aromatic nitrogens is 1. The topological polar surface area (TPSA) is 61.3 Å². The third kappa shape index (κ3) is 1.63. The lowest BCUT2D eigenvalue weighted by Gasteiger charge is -2.05. The smallest absolute Gasteiger partial charge is 0.292 e. The van der Waals surface area contributed by atoms with Gasteiger partial charge in [0.15, 0.2) is 17.3 Å². The fourth-order valence-corrected chi connectivity index (χ4v) is 1.32. The van der Waals surface area contributed by atoms with Crippen LogP contribution in [0.2, 0.25) is 0 Å². The van der Waals surface area contributed by atoms with E-state index in [1.165, 1.54) is 19.4 Å². The zero-order chi connectivity index (χ0) is 10.8. The average Bonchev–Trinajstić information content (AvgIpc) is 2.64. The van der Waals surface area contributed by atoms with Crippen LogP contribution in [0.3, 0.4) is 0 Å². The Morgan fingerprint density at radius 3 is 2.87 bits per heavy atom. The minimum absolute atomic E-state index is 0.0383. The van der Waals surface area contributed by atoms with Crippen LogP contribution in [0.15, 0.2) is 28.8 Å². The molecule has 0 aliphatic heterocycles. The highest BCUT2D eigenvalue weighted by Gasteiger charge is 2.13. The van der Waals surface area contributed by atoms with Gasteiger partial charge in [-0.05, 0) is 12.1 Å². The van der Waals surface area contributed by atoms with Crippen molar-refractivity contribution in [3.05, 3.63) is 30.2 Å². The normalized spacial score (nSPS) is 10.3. The molecule has 0 aliphatic carbocycles. The first kappa shape index (κ1) is 9.51. The number of ether oxygens (including phenoxy) is 1. The highest BCUT2D eigenvalue weighted by Crippen LogP contribution is 2.32. The van der Waals surface area contributed by atoms with Crippen molar-refractivity contribution in [2.24, 2.45) is 0 Å². The molecule has 2 N–H and O–H groups in total. The third-order valence-electron chi connectivity index (χ3n) is 1.96. The van der Waals surface area contributed by atoms with Gasteiger partial charge in [-0.15, -0.1) is 0 Å². The molecular weight excluding hydrogens is 199 g/mol. The highest BCUT2D eigenvalue weighted by atomic mass is 19.1. The van der Waals surface area contributed by atoms with Crippen molar-refractivity contribution < 1.29 is 13.5 Å². The maximum Gasteiger partial charge on any atom is 0.292 e. The van der Waals surface area contributed by atoms with E-state index in [0.29, 0.717) is 11.3 Å². The standard InChI is InChI=1S/C10H9FN2O2/c1-14-9-6(3-2-4-7(9)11)8-5-13-10(12)15-8/h2-5H,1H3,(H2,12,13). The van der Waals surface area contributed by atoms with E-state index in [-0.39, 0.29) is 11.8 Å². The van der Waals surface area contributed by atoms with Gasteiger partial charge in [0, 0.05) is 0 Å². The molecule has 0 aliphatic rings. The number of hydrogen-bond acceptors (Lipinski definition) is 4. The van der Waals surface area contributed by atoms with E-state index in [2.05, 4.69) is 4.98 Å². The molecule has 1 aromatic heterocycles. The number of rotatable bonds is 2. The molecule has 0 atom stereocenters. The number of methoxy groups -OCH3 is 1. The molecule has 1 heterocycles. The van der Waals surface area contributed by atoms with Crippen molar-refractivity contribution in [2.75, 3.05) is 12.8 Å². The molecule has 78 valence electrons. The molecule has 0 saturated carbocycles. The molecule has 0 radical (unpaired) electrons. The fourth-order valence-electron chi connectivity index (χ4n) is 1.32. The molecule has 4 nitrogen and oxygen atoms in total. The van der Waals surface area contributed by atoms with E-state index < -0.39 is 5.82 Å². The minimum atomic E-state index is -0.454. The van der Waals surface area contributed by atoms with Gasteiger partial charge in [0.05, 0.1) is 18.9 Å². The lowest BCUT2D eigenvalue weighted by molar-refractivity contribution is 0.387. The SMILES string of the molecule is COc1c(F)cccc1-c1cnc(N)o1. The van der Waals surface area contributed by atoms with Gasteiger partial charge in [-0.1, -0.05) is 6.07 Å². The summed E-state index contributed by atoms with van der Waals surface area (Å²) in [6.45, 7) is 0.